The van der Waals surface area contributed by atoms with Gasteiger partial charge < -0.3 is 0 Å². The summed E-state index contributed by atoms with van der Waals surface area (Å²) in [7, 11) is 0. The van der Waals surface area contributed by atoms with Crippen molar-refractivity contribution in [3.05, 3.63) is 301 Å². The van der Waals surface area contributed by atoms with Gasteiger partial charge in [-0.15, -0.1) is 0 Å². The SMILES string of the molecule is Cc1ccccc1-n1c(C)c2[n+](c1C1CCCCC1)C=CC2(C)C.Cc1ccccc1-n1c(C)c2[n+](c1C1CCCCC1)C=CC2(C)C.Cc1ccccc1-n1c(C)c2[n+](c1C1CCCCC1)C=CC2(C)C1CCCC1.Cc1ccccc1-n1c(C)c2[n+](c1C1CCCCC1)C=CC2(C)C1CCCCC1.Cc1ccccc1-n1c(C)c2[n+](c1C1CCCCC1)C=CC2(C)c1ccccc1. The van der Waals surface area contributed by atoms with Gasteiger partial charge >= 0.3 is 0 Å². The molecule has 7 fully saturated rings. The Morgan fingerprint density at radius 1 is 0.216 bits per heavy atom. The number of benzene rings is 6. The number of rotatable bonds is 13. The van der Waals surface area contributed by atoms with Crippen molar-refractivity contribution in [1.82, 2.24) is 22.8 Å². The standard InChI is InChI=1S/C27H37N2.C27H31N2.C26H35N2.2C22H29N2/c2*1-20-12-10-11-17-24(20)29-21(2)25-27(3,23-15-8-5-9-16-23)18-19-28(25)26(29)22-13-6-4-7-14-22;1-19-11-7-10-16-23(19)28-20(2)24-26(3,22-14-8-9-15-22)17-18-27(24)25(28)21-12-5-4-6-13-21;2*1-16-10-8-9-13-19(16)24-17(2)20-22(3,4)14-15-23(20)21(24)18-11-6-5-7-12-18/h10-12,17-19,22-23H,4-9,13-16H2,1-3H3;5,8-12,15-19,22H,4,6-7,13-14H2,1-3H3;7,10-11,16-18,21-22H,4-6,8-9,12-15H2,1-3H3;2*8-10,13-15,18H,5-7,11-12H2,1-4H3/q5*+1. The van der Waals surface area contributed by atoms with E-state index in [4.69, 9.17) is 0 Å². The Kier molecular flexibility index (Phi) is 26.8. The van der Waals surface area contributed by atoms with Gasteiger partial charge in [-0.3, -0.25) is 0 Å². The van der Waals surface area contributed by atoms with Crippen LogP contribution in [0.15, 0.2) is 182 Å². The Balaban J connectivity index is 0.000000108. The lowest BCUT2D eigenvalue weighted by Crippen LogP contribution is -2.40. The molecule has 702 valence electrons. The topological polar surface area (TPSA) is 44.0 Å². The summed E-state index contributed by atoms with van der Waals surface area (Å²) in [5, 5.41) is 0. The van der Waals surface area contributed by atoms with Crippen LogP contribution in [0.2, 0.25) is 0 Å². The van der Waals surface area contributed by atoms with Crippen molar-refractivity contribution in [3.8, 4) is 28.4 Å². The summed E-state index contributed by atoms with van der Waals surface area (Å²) in [6.07, 6.45) is 70.5. The van der Waals surface area contributed by atoms with Gasteiger partial charge in [0.05, 0.1) is 87.7 Å². The van der Waals surface area contributed by atoms with Gasteiger partial charge in [-0.05, 0) is 279 Å². The van der Waals surface area contributed by atoms with E-state index in [-0.39, 0.29) is 27.1 Å². The maximum absolute atomic E-state index is 2.64. The van der Waals surface area contributed by atoms with Gasteiger partial charge in [0.2, 0.25) is 0 Å². The first-order chi connectivity index (χ1) is 64.8. The summed E-state index contributed by atoms with van der Waals surface area (Å²) in [5.41, 5.74) is 30.1. The Morgan fingerprint density at radius 3 is 0.701 bits per heavy atom. The lowest BCUT2D eigenvalue weighted by atomic mass is 9.68. The van der Waals surface area contributed by atoms with E-state index in [0.717, 1.165) is 11.8 Å². The zero-order valence-electron chi connectivity index (χ0n) is 85.3. The van der Waals surface area contributed by atoms with Crippen molar-refractivity contribution in [2.45, 2.75) is 393 Å². The highest BCUT2D eigenvalue weighted by atomic mass is 15.2. The fraction of sp³-hybridized carbons (Fsp3) is 0.508. The second-order valence-corrected chi connectivity index (χ2v) is 45.1. The molecular weight excluding hydrogens is 1630 g/mol. The second-order valence-electron chi connectivity index (χ2n) is 45.1. The zero-order chi connectivity index (χ0) is 93.1. The van der Waals surface area contributed by atoms with Gasteiger partial charge in [-0.2, -0.15) is 22.8 Å². The number of allylic oxidation sites excluding steroid dienone is 5. The first-order valence-corrected chi connectivity index (χ1v) is 53.5. The number of nitrogens with zero attached hydrogens (tertiary/aromatic N) is 10. The Bertz CT molecular complexity index is 6110. The molecule has 0 spiro atoms. The molecule has 23 rings (SSSR count). The molecule has 5 aliphatic heterocycles. The summed E-state index contributed by atoms with van der Waals surface area (Å²) >= 11 is 0. The molecule has 0 bridgehead atoms. The molecule has 7 saturated carbocycles. The fourth-order valence-corrected chi connectivity index (χ4v) is 28.4. The number of aromatic nitrogens is 10. The summed E-state index contributed by atoms with van der Waals surface area (Å²) in [5.74, 6) is 12.5. The number of fused-ring (bicyclic) bond motifs is 5. The van der Waals surface area contributed by atoms with E-state index in [0.29, 0.717) is 29.6 Å². The van der Waals surface area contributed by atoms with Crippen LogP contribution < -0.4 is 22.8 Å². The number of imidazole rings is 5. The quantitative estimate of drug-likeness (QED) is 0.103. The third-order valence-electron chi connectivity index (χ3n) is 35.3. The fourth-order valence-electron chi connectivity index (χ4n) is 28.4. The molecule has 10 heterocycles. The second kappa shape index (κ2) is 38.6. The van der Waals surface area contributed by atoms with E-state index < -0.39 is 0 Å². The van der Waals surface area contributed by atoms with Crippen molar-refractivity contribution in [3.63, 3.8) is 0 Å². The molecule has 3 unspecified atom stereocenters. The van der Waals surface area contributed by atoms with E-state index in [2.05, 4.69) is 376 Å². The zero-order valence-corrected chi connectivity index (χ0v) is 85.3. The van der Waals surface area contributed by atoms with Crippen molar-refractivity contribution < 1.29 is 22.8 Å². The number of aryl methyl sites for hydroxylation is 5. The molecule has 6 aromatic carbocycles. The maximum Gasteiger partial charge on any atom is 0.269 e. The van der Waals surface area contributed by atoms with E-state index in [9.17, 15) is 0 Å². The minimum absolute atomic E-state index is 0.0945. The van der Waals surface area contributed by atoms with Gasteiger partial charge in [0.15, 0.2) is 34.2 Å². The van der Waals surface area contributed by atoms with Crippen LogP contribution >= 0.6 is 0 Å². The minimum atomic E-state index is -0.0945. The molecule has 3 atom stereocenters. The predicted octanol–water partition coefficient (Wildman–Crippen LogP) is 29.7. The lowest BCUT2D eigenvalue weighted by molar-refractivity contribution is -0.585. The van der Waals surface area contributed by atoms with Crippen LogP contribution in [0.5, 0.6) is 0 Å². The predicted molar refractivity (Wildman–Crippen MR) is 555 cm³/mol. The summed E-state index contributed by atoms with van der Waals surface area (Å²) in [4.78, 5) is 0. The smallest absolute Gasteiger partial charge is 0.202 e. The van der Waals surface area contributed by atoms with Gasteiger partial charge in [0, 0.05) is 34.6 Å². The third kappa shape index (κ3) is 16.8. The van der Waals surface area contributed by atoms with Crippen LogP contribution in [0.1, 0.15) is 416 Å². The summed E-state index contributed by atoms with van der Waals surface area (Å²) < 4.78 is 25.8. The molecule has 12 aliphatic rings. The lowest BCUT2D eigenvalue weighted by Gasteiger charge is -2.34. The van der Waals surface area contributed by atoms with Crippen molar-refractivity contribution in [2.24, 2.45) is 11.8 Å². The van der Waals surface area contributed by atoms with Crippen molar-refractivity contribution in [1.29, 1.82) is 0 Å². The van der Waals surface area contributed by atoms with Gasteiger partial charge in [-0.25, -0.2) is 22.8 Å². The van der Waals surface area contributed by atoms with Crippen LogP contribution in [0.25, 0.3) is 59.4 Å². The molecule has 0 amide bonds. The number of para-hydroxylation sites is 5. The van der Waals surface area contributed by atoms with E-state index in [1.807, 2.05) is 0 Å². The van der Waals surface area contributed by atoms with Gasteiger partial charge in [0.1, 0.15) is 51.2 Å². The van der Waals surface area contributed by atoms with E-state index in [1.165, 1.54) is 343 Å². The highest BCUT2D eigenvalue weighted by Crippen LogP contribution is 2.52. The molecule has 11 aromatic rings. The average molecular weight is 1790 g/mol. The Hall–Kier alpha value is -9.93. The minimum Gasteiger partial charge on any atom is -0.202 e. The van der Waals surface area contributed by atoms with Crippen LogP contribution in [0.3, 0.4) is 0 Å². The molecule has 5 aromatic heterocycles. The largest absolute Gasteiger partial charge is 0.269 e. The highest BCUT2D eigenvalue weighted by Gasteiger charge is 2.54. The molecule has 10 nitrogen and oxygen atoms in total. The number of hydrogen-bond acceptors (Lipinski definition) is 0. The molecule has 7 aliphatic carbocycles. The average Bonchev–Trinajstić information content (AvgIpc) is 1.58. The Labute approximate surface area is 805 Å². The number of hydrogen-bond donors (Lipinski definition) is 0. The van der Waals surface area contributed by atoms with Crippen LogP contribution in [0, 0.1) is 81.1 Å². The summed E-state index contributed by atoms with van der Waals surface area (Å²) in [6.45, 7) is 39.7. The summed E-state index contributed by atoms with van der Waals surface area (Å²) in [6, 6.07) is 55.4. The van der Waals surface area contributed by atoms with Crippen molar-refractivity contribution >= 4 is 31.0 Å². The van der Waals surface area contributed by atoms with Crippen molar-refractivity contribution in [2.75, 3.05) is 0 Å². The Morgan fingerprint density at radius 2 is 0.425 bits per heavy atom. The van der Waals surface area contributed by atoms with E-state index >= 15 is 0 Å². The van der Waals surface area contributed by atoms with Crippen LogP contribution in [0.4, 0.5) is 0 Å². The first kappa shape index (κ1) is 93.1. The molecular formula is C124H161N10+5. The third-order valence-corrected chi connectivity index (χ3v) is 35.3. The first-order valence-electron chi connectivity index (χ1n) is 53.5. The highest BCUT2D eigenvalue weighted by molar-refractivity contribution is 5.55. The molecule has 0 N–H and O–H groups in total. The van der Waals surface area contributed by atoms with Gasteiger partial charge in [-0.1, -0.05) is 250 Å². The van der Waals surface area contributed by atoms with Gasteiger partial charge in [0.25, 0.3) is 29.1 Å². The molecule has 0 saturated heterocycles. The molecule has 0 radical (unpaired) electrons. The van der Waals surface area contributed by atoms with Crippen LogP contribution in [-0.4, -0.2) is 22.8 Å². The maximum atomic E-state index is 2.64. The molecule has 134 heavy (non-hydrogen) atoms. The van der Waals surface area contributed by atoms with Crippen LogP contribution in [-0.2, 0) is 27.1 Å². The monoisotopic (exact) mass is 1790 g/mol. The molecule has 10 heteroatoms. The normalized spacial score (nSPS) is 22.5. The van der Waals surface area contributed by atoms with E-state index in [1.54, 1.807) is 23.0 Å².